The van der Waals surface area contributed by atoms with E-state index < -0.39 is 12.0 Å². The highest BCUT2D eigenvalue weighted by molar-refractivity contribution is 7.11. The van der Waals surface area contributed by atoms with Gasteiger partial charge in [0.2, 0.25) is 5.01 Å². The molecule has 0 aliphatic heterocycles. The molecule has 0 aliphatic rings. The number of benzene rings is 1. The van der Waals surface area contributed by atoms with E-state index in [2.05, 4.69) is 10.3 Å². The van der Waals surface area contributed by atoms with Crippen molar-refractivity contribution < 1.29 is 14.7 Å². The number of rotatable bonds is 4. The largest absolute Gasteiger partial charge is 0.476 e. The molecule has 1 aromatic carbocycles. The second kappa shape index (κ2) is 6.26. The Morgan fingerprint density at radius 1 is 1.38 bits per heavy atom. The van der Waals surface area contributed by atoms with Crippen LogP contribution in [0.1, 0.15) is 39.0 Å². The second-order valence-corrected chi connectivity index (χ2v) is 6.66. The molecule has 8 heteroatoms. The van der Waals surface area contributed by atoms with E-state index in [4.69, 9.17) is 16.7 Å². The van der Waals surface area contributed by atoms with Gasteiger partial charge in [0.15, 0.2) is 0 Å². The molecule has 0 aliphatic carbocycles. The highest BCUT2D eigenvalue weighted by Crippen LogP contribution is 2.23. The molecule has 2 aromatic heterocycles. The first kappa shape index (κ1) is 16.5. The van der Waals surface area contributed by atoms with Crippen molar-refractivity contribution in [3.63, 3.8) is 0 Å². The van der Waals surface area contributed by atoms with Gasteiger partial charge in [-0.3, -0.25) is 4.79 Å². The molecule has 2 N–H and O–H groups in total. The number of amides is 1. The Labute approximate surface area is 146 Å². The van der Waals surface area contributed by atoms with E-state index >= 15 is 0 Å². The lowest BCUT2D eigenvalue weighted by Gasteiger charge is -2.12. The Morgan fingerprint density at radius 2 is 2.12 bits per heavy atom. The Hall–Kier alpha value is -2.38. The topological polar surface area (TPSA) is 84.2 Å². The maximum absolute atomic E-state index is 12.5. The van der Waals surface area contributed by atoms with Crippen LogP contribution in [0.5, 0.6) is 0 Å². The van der Waals surface area contributed by atoms with Crippen LogP contribution in [0.2, 0.25) is 5.02 Å². The van der Waals surface area contributed by atoms with E-state index in [1.54, 1.807) is 42.1 Å². The summed E-state index contributed by atoms with van der Waals surface area (Å²) in [6.07, 6.45) is 0. The number of halogens is 1. The van der Waals surface area contributed by atoms with Gasteiger partial charge < -0.3 is 15.0 Å². The number of carbonyl (C=O) groups excluding carboxylic acids is 1. The zero-order valence-electron chi connectivity index (χ0n) is 12.9. The fourth-order valence-corrected chi connectivity index (χ4v) is 3.36. The highest BCUT2D eigenvalue weighted by Gasteiger charge is 2.19. The molecular formula is C16H14ClN3O3S. The van der Waals surface area contributed by atoms with Crippen LogP contribution in [0.4, 0.5) is 0 Å². The van der Waals surface area contributed by atoms with E-state index in [0.29, 0.717) is 16.4 Å². The van der Waals surface area contributed by atoms with E-state index in [-0.39, 0.29) is 10.9 Å². The summed E-state index contributed by atoms with van der Waals surface area (Å²) in [6.45, 7) is 1.76. The van der Waals surface area contributed by atoms with Crippen LogP contribution in [0, 0.1) is 0 Å². The van der Waals surface area contributed by atoms with E-state index in [1.165, 1.54) is 0 Å². The SMILES string of the molecule is CC(NC(=O)c1cc2ccc(Cl)cc2n1C)c1csc(C(=O)O)n1. The van der Waals surface area contributed by atoms with Crippen molar-refractivity contribution in [1.82, 2.24) is 14.9 Å². The predicted molar refractivity (Wildman–Crippen MR) is 92.9 cm³/mol. The number of aromatic nitrogens is 2. The van der Waals surface area contributed by atoms with Gasteiger partial charge in [0.1, 0.15) is 5.69 Å². The molecule has 1 atom stereocenters. The minimum absolute atomic E-state index is 0.00495. The van der Waals surface area contributed by atoms with Gasteiger partial charge in [-0.15, -0.1) is 11.3 Å². The number of carboxylic acids is 1. The van der Waals surface area contributed by atoms with Crippen LogP contribution in [-0.2, 0) is 7.05 Å². The summed E-state index contributed by atoms with van der Waals surface area (Å²) < 4.78 is 1.77. The van der Waals surface area contributed by atoms with Crippen LogP contribution in [0.3, 0.4) is 0 Å². The minimum atomic E-state index is -1.07. The van der Waals surface area contributed by atoms with E-state index in [9.17, 15) is 9.59 Å². The van der Waals surface area contributed by atoms with Crippen molar-refractivity contribution in [1.29, 1.82) is 0 Å². The first-order valence-electron chi connectivity index (χ1n) is 7.11. The number of thiazole rings is 1. The van der Waals surface area contributed by atoms with Gasteiger partial charge in [-0.25, -0.2) is 9.78 Å². The lowest BCUT2D eigenvalue weighted by Crippen LogP contribution is -2.28. The number of hydrogen-bond donors (Lipinski definition) is 2. The molecule has 24 heavy (non-hydrogen) atoms. The van der Waals surface area contributed by atoms with Crippen LogP contribution in [0.25, 0.3) is 10.9 Å². The molecule has 6 nitrogen and oxygen atoms in total. The fraction of sp³-hybridized carbons (Fsp3) is 0.188. The number of hydrogen-bond acceptors (Lipinski definition) is 4. The molecule has 0 fully saturated rings. The monoisotopic (exact) mass is 363 g/mol. The zero-order chi connectivity index (χ0) is 17.4. The smallest absolute Gasteiger partial charge is 0.365 e. The lowest BCUT2D eigenvalue weighted by atomic mass is 10.2. The van der Waals surface area contributed by atoms with Crippen molar-refractivity contribution in [3.8, 4) is 0 Å². The summed E-state index contributed by atoms with van der Waals surface area (Å²) in [5, 5.41) is 14.9. The van der Waals surface area contributed by atoms with Gasteiger partial charge >= 0.3 is 5.97 Å². The number of nitrogens with one attached hydrogen (secondary N) is 1. The number of fused-ring (bicyclic) bond motifs is 1. The van der Waals surface area contributed by atoms with Gasteiger partial charge in [0.25, 0.3) is 5.91 Å². The van der Waals surface area contributed by atoms with Crippen molar-refractivity contribution in [2.45, 2.75) is 13.0 Å². The van der Waals surface area contributed by atoms with Crippen molar-refractivity contribution >= 4 is 45.7 Å². The molecule has 0 bridgehead atoms. The normalized spacial score (nSPS) is 12.3. The molecular weight excluding hydrogens is 350 g/mol. The molecule has 0 saturated heterocycles. The van der Waals surface area contributed by atoms with E-state index in [0.717, 1.165) is 22.2 Å². The number of nitrogens with zero attached hydrogens (tertiary/aromatic N) is 2. The third-order valence-corrected chi connectivity index (χ3v) is 4.82. The number of aromatic carboxylic acids is 1. The van der Waals surface area contributed by atoms with Crippen molar-refractivity contribution in [3.05, 3.63) is 51.1 Å². The Balaban J connectivity index is 1.84. The van der Waals surface area contributed by atoms with Gasteiger partial charge in [-0.1, -0.05) is 17.7 Å². The second-order valence-electron chi connectivity index (χ2n) is 5.37. The average molecular weight is 364 g/mol. The first-order chi connectivity index (χ1) is 11.4. The highest BCUT2D eigenvalue weighted by atomic mass is 35.5. The van der Waals surface area contributed by atoms with Crippen molar-refractivity contribution in [2.75, 3.05) is 0 Å². The van der Waals surface area contributed by atoms with Gasteiger partial charge in [0.05, 0.1) is 11.7 Å². The van der Waals surface area contributed by atoms with Crippen LogP contribution in [0.15, 0.2) is 29.6 Å². The third-order valence-electron chi connectivity index (χ3n) is 3.74. The maximum atomic E-state index is 12.5. The molecule has 0 saturated carbocycles. The number of aryl methyl sites for hydroxylation is 1. The molecule has 1 unspecified atom stereocenters. The molecule has 3 aromatic rings. The van der Waals surface area contributed by atoms with Crippen LogP contribution in [-0.4, -0.2) is 26.5 Å². The van der Waals surface area contributed by atoms with E-state index in [1.807, 2.05) is 6.07 Å². The number of carbonyl (C=O) groups is 2. The quantitative estimate of drug-likeness (QED) is 0.743. The fourth-order valence-electron chi connectivity index (χ4n) is 2.45. The van der Waals surface area contributed by atoms with Crippen molar-refractivity contribution in [2.24, 2.45) is 7.05 Å². The van der Waals surface area contributed by atoms with Crippen LogP contribution < -0.4 is 5.32 Å². The summed E-state index contributed by atoms with van der Waals surface area (Å²) >= 11 is 7.04. The summed E-state index contributed by atoms with van der Waals surface area (Å²) in [4.78, 5) is 27.5. The molecule has 2 heterocycles. The van der Waals surface area contributed by atoms with Gasteiger partial charge in [-0.05, 0) is 25.1 Å². The Bertz CT molecular complexity index is 947. The molecule has 0 radical (unpaired) electrons. The lowest BCUT2D eigenvalue weighted by molar-refractivity contribution is 0.0696. The molecule has 3 rings (SSSR count). The first-order valence-corrected chi connectivity index (χ1v) is 8.37. The van der Waals surface area contributed by atoms with Gasteiger partial charge in [-0.2, -0.15) is 0 Å². The molecule has 124 valence electrons. The average Bonchev–Trinajstić information content (AvgIpc) is 3.13. The standard InChI is InChI=1S/C16H14ClN3O3S/c1-8(11-7-24-15(19-11)16(22)23)18-14(21)13-5-9-3-4-10(17)6-12(9)20(13)2/h3-8H,1-2H3,(H,18,21)(H,22,23). The summed E-state index contributed by atoms with van der Waals surface area (Å²) in [7, 11) is 1.80. The Morgan fingerprint density at radius 3 is 2.79 bits per heavy atom. The predicted octanol–water partition coefficient (Wildman–Crippen LogP) is 3.48. The zero-order valence-corrected chi connectivity index (χ0v) is 14.5. The summed E-state index contributed by atoms with van der Waals surface area (Å²) in [6, 6.07) is 6.83. The summed E-state index contributed by atoms with van der Waals surface area (Å²) in [5.41, 5.74) is 1.88. The maximum Gasteiger partial charge on any atom is 0.365 e. The Kier molecular flexibility index (Phi) is 4.29. The molecule has 1 amide bonds. The third kappa shape index (κ3) is 3.00. The van der Waals surface area contributed by atoms with Gasteiger partial charge in [0, 0.05) is 28.4 Å². The summed E-state index contributed by atoms with van der Waals surface area (Å²) in [5.74, 6) is -1.34. The molecule has 0 spiro atoms. The number of carboxylic acid groups (broad SMARTS) is 1. The van der Waals surface area contributed by atoms with Crippen LogP contribution >= 0.6 is 22.9 Å². The minimum Gasteiger partial charge on any atom is -0.476 e.